The van der Waals surface area contributed by atoms with E-state index in [9.17, 15) is 4.79 Å². The molecule has 0 radical (unpaired) electrons. The first-order valence-electron chi connectivity index (χ1n) is 9.69. The Morgan fingerprint density at radius 2 is 2.00 bits per heavy atom. The van der Waals surface area contributed by atoms with Crippen molar-refractivity contribution in [1.82, 2.24) is 15.0 Å². The van der Waals surface area contributed by atoms with E-state index in [4.69, 9.17) is 25.6 Å². The van der Waals surface area contributed by atoms with Crippen molar-refractivity contribution in [2.24, 2.45) is 0 Å². The Labute approximate surface area is 179 Å². The van der Waals surface area contributed by atoms with Crippen molar-refractivity contribution in [1.29, 1.82) is 0 Å². The number of ether oxygens (including phenoxy) is 2. The van der Waals surface area contributed by atoms with Crippen LogP contribution in [0.15, 0.2) is 47.0 Å². The van der Waals surface area contributed by atoms with Crippen LogP contribution >= 0.6 is 11.6 Å². The largest absolute Gasteiger partial charge is 0.493 e. The van der Waals surface area contributed by atoms with Crippen LogP contribution in [0.3, 0.4) is 0 Å². The van der Waals surface area contributed by atoms with E-state index < -0.39 is 0 Å². The van der Waals surface area contributed by atoms with Gasteiger partial charge in [-0.25, -0.2) is 0 Å². The SMILES string of the molecule is COc1ccc(-c2noc([C@H]3CCCN3C(=O)Cc3ccccc3Cl)n2)cc1OC. The van der Waals surface area contributed by atoms with Crippen LogP contribution in [0.2, 0.25) is 5.02 Å². The number of halogens is 1. The zero-order valence-electron chi connectivity index (χ0n) is 16.8. The lowest BCUT2D eigenvalue weighted by Crippen LogP contribution is -2.32. The summed E-state index contributed by atoms with van der Waals surface area (Å²) in [6, 6.07) is 12.6. The number of nitrogens with zero attached hydrogens (tertiary/aromatic N) is 3. The highest BCUT2D eigenvalue weighted by molar-refractivity contribution is 6.31. The van der Waals surface area contributed by atoms with Crippen molar-refractivity contribution in [3.8, 4) is 22.9 Å². The van der Waals surface area contributed by atoms with E-state index in [1.165, 1.54) is 0 Å². The van der Waals surface area contributed by atoms with Gasteiger partial charge in [0.15, 0.2) is 11.5 Å². The first-order chi connectivity index (χ1) is 14.6. The predicted molar refractivity (Wildman–Crippen MR) is 112 cm³/mol. The van der Waals surface area contributed by atoms with Gasteiger partial charge in [-0.1, -0.05) is 35.0 Å². The normalized spacial score (nSPS) is 16.0. The molecule has 1 aliphatic rings. The molecule has 0 aliphatic carbocycles. The van der Waals surface area contributed by atoms with Crippen molar-refractivity contribution in [3.05, 3.63) is 58.9 Å². The molecule has 7 nitrogen and oxygen atoms in total. The van der Waals surface area contributed by atoms with Crippen molar-refractivity contribution >= 4 is 17.5 Å². The molecule has 0 N–H and O–H groups in total. The van der Waals surface area contributed by atoms with E-state index in [1.807, 2.05) is 24.3 Å². The van der Waals surface area contributed by atoms with E-state index >= 15 is 0 Å². The summed E-state index contributed by atoms with van der Waals surface area (Å²) < 4.78 is 16.1. The van der Waals surface area contributed by atoms with Crippen LogP contribution in [0.5, 0.6) is 11.5 Å². The third kappa shape index (κ3) is 3.98. The van der Waals surface area contributed by atoms with Crippen LogP contribution in [0.4, 0.5) is 0 Å². The van der Waals surface area contributed by atoms with E-state index in [0.717, 1.165) is 24.0 Å². The summed E-state index contributed by atoms with van der Waals surface area (Å²) in [5.41, 5.74) is 1.56. The second-order valence-corrected chi connectivity index (χ2v) is 7.45. The van der Waals surface area contributed by atoms with Crippen LogP contribution in [-0.4, -0.2) is 41.7 Å². The molecule has 0 unspecified atom stereocenters. The molecule has 8 heteroatoms. The molecule has 3 aromatic rings. The minimum atomic E-state index is -0.235. The highest BCUT2D eigenvalue weighted by Gasteiger charge is 2.34. The highest BCUT2D eigenvalue weighted by Crippen LogP contribution is 2.35. The van der Waals surface area contributed by atoms with Crippen molar-refractivity contribution in [2.45, 2.75) is 25.3 Å². The molecule has 0 spiro atoms. The standard InChI is InChI=1S/C22H22ClN3O4/c1-28-18-10-9-15(12-19(18)29-2)21-24-22(30-25-21)17-8-5-11-26(17)20(27)13-14-6-3-4-7-16(14)23/h3-4,6-7,9-10,12,17H,5,8,11,13H2,1-2H3/t17-/m1/s1. The lowest BCUT2D eigenvalue weighted by molar-refractivity contribution is -0.131. The number of carbonyl (C=O) groups is 1. The van der Waals surface area contributed by atoms with Crippen molar-refractivity contribution in [2.75, 3.05) is 20.8 Å². The summed E-state index contributed by atoms with van der Waals surface area (Å²) in [7, 11) is 3.16. The van der Waals surface area contributed by atoms with Crippen LogP contribution in [-0.2, 0) is 11.2 Å². The van der Waals surface area contributed by atoms with Gasteiger partial charge in [-0.2, -0.15) is 4.98 Å². The van der Waals surface area contributed by atoms with Crippen molar-refractivity contribution < 1.29 is 18.8 Å². The molecule has 1 aliphatic heterocycles. The van der Waals surface area contributed by atoms with Gasteiger partial charge < -0.3 is 18.9 Å². The molecule has 2 heterocycles. The van der Waals surface area contributed by atoms with Gasteiger partial charge in [0, 0.05) is 17.1 Å². The molecule has 30 heavy (non-hydrogen) atoms. The fourth-order valence-corrected chi connectivity index (χ4v) is 3.89. The Bertz CT molecular complexity index is 1050. The third-order valence-corrected chi connectivity index (χ3v) is 5.61. The number of rotatable bonds is 6. The molecule has 156 valence electrons. The maximum absolute atomic E-state index is 12.9. The zero-order valence-corrected chi connectivity index (χ0v) is 17.6. The average Bonchev–Trinajstić information content (AvgIpc) is 3.44. The summed E-state index contributed by atoms with van der Waals surface area (Å²) in [6.45, 7) is 0.655. The summed E-state index contributed by atoms with van der Waals surface area (Å²) in [4.78, 5) is 19.3. The molecule has 0 bridgehead atoms. The molecule has 1 fully saturated rings. The molecule has 1 saturated heterocycles. The van der Waals surface area contributed by atoms with Gasteiger partial charge in [0.2, 0.25) is 17.6 Å². The molecular weight excluding hydrogens is 406 g/mol. The fourth-order valence-electron chi connectivity index (χ4n) is 3.69. The monoisotopic (exact) mass is 427 g/mol. The Balaban J connectivity index is 1.54. The first kappa shape index (κ1) is 20.2. The van der Waals surface area contributed by atoms with Crippen LogP contribution < -0.4 is 9.47 Å². The maximum Gasteiger partial charge on any atom is 0.249 e. The molecule has 0 saturated carbocycles. The summed E-state index contributed by atoms with van der Waals surface area (Å²) in [5.74, 6) is 2.08. The number of methoxy groups -OCH3 is 2. The van der Waals surface area contributed by atoms with E-state index in [-0.39, 0.29) is 18.4 Å². The molecule has 1 atom stereocenters. The van der Waals surface area contributed by atoms with E-state index in [0.29, 0.717) is 34.8 Å². The molecule has 4 rings (SSSR count). The second kappa shape index (κ2) is 8.75. The number of aromatic nitrogens is 2. The van der Waals surface area contributed by atoms with Gasteiger partial charge >= 0.3 is 0 Å². The molecule has 1 amide bonds. The lowest BCUT2D eigenvalue weighted by Gasteiger charge is -2.22. The van der Waals surface area contributed by atoms with Crippen LogP contribution in [0.1, 0.15) is 30.3 Å². The Morgan fingerprint density at radius 1 is 1.20 bits per heavy atom. The number of hydrogen-bond acceptors (Lipinski definition) is 6. The molecule has 2 aromatic carbocycles. The smallest absolute Gasteiger partial charge is 0.249 e. The van der Waals surface area contributed by atoms with Gasteiger partial charge in [-0.3, -0.25) is 4.79 Å². The predicted octanol–water partition coefficient (Wildman–Crippen LogP) is 4.31. The highest BCUT2D eigenvalue weighted by atomic mass is 35.5. The third-order valence-electron chi connectivity index (χ3n) is 5.24. The van der Waals surface area contributed by atoms with Gasteiger partial charge in [0.25, 0.3) is 0 Å². The van der Waals surface area contributed by atoms with E-state index in [2.05, 4.69) is 10.1 Å². The minimum Gasteiger partial charge on any atom is -0.493 e. The average molecular weight is 428 g/mol. The fraction of sp³-hybridized carbons (Fsp3) is 0.318. The summed E-state index contributed by atoms with van der Waals surface area (Å²) >= 11 is 6.22. The van der Waals surface area contributed by atoms with E-state index in [1.54, 1.807) is 37.3 Å². The lowest BCUT2D eigenvalue weighted by atomic mass is 10.1. The number of amides is 1. The zero-order chi connectivity index (χ0) is 21.1. The first-order valence-corrected chi connectivity index (χ1v) is 10.1. The Hall–Kier alpha value is -3.06. The van der Waals surface area contributed by atoms with Gasteiger partial charge in [0.1, 0.15) is 6.04 Å². The number of benzene rings is 2. The Kier molecular flexibility index (Phi) is 5.90. The van der Waals surface area contributed by atoms with Gasteiger partial charge in [-0.15, -0.1) is 0 Å². The van der Waals surface area contributed by atoms with Crippen LogP contribution in [0, 0.1) is 0 Å². The van der Waals surface area contributed by atoms with Crippen molar-refractivity contribution in [3.63, 3.8) is 0 Å². The molecular formula is C22H22ClN3O4. The second-order valence-electron chi connectivity index (χ2n) is 7.04. The number of likely N-dealkylation sites (tertiary alicyclic amines) is 1. The number of carbonyl (C=O) groups excluding carboxylic acids is 1. The molecule has 1 aromatic heterocycles. The van der Waals surface area contributed by atoms with Crippen LogP contribution in [0.25, 0.3) is 11.4 Å². The summed E-state index contributed by atoms with van der Waals surface area (Å²) in [6.07, 6.45) is 1.90. The quantitative estimate of drug-likeness (QED) is 0.583. The summed E-state index contributed by atoms with van der Waals surface area (Å²) in [5, 5.41) is 4.70. The minimum absolute atomic E-state index is 0.00327. The topological polar surface area (TPSA) is 77.7 Å². The number of hydrogen-bond donors (Lipinski definition) is 0. The Morgan fingerprint density at radius 3 is 2.77 bits per heavy atom. The maximum atomic E-state index is 12.9. The van der Waals surface area contributed by atoms with Gasteiger partial charge in [-0.05, 0) is 42.7 Å². The van der Waals surface area contributed by atoms with Gasteiger partial charge in [0.05, 0.1) is 20.6 Å².